The van der Waals surface area contributed by atoms with Crippen LogP contribution in [0.1, 0.15) is 32.3 Å². The lowest BCUT2D eigenvalue weighted by Crippen LogP contribution is -2.54. The summed E-state index contributed by atoms with van der Waals surface area (Å²) >= 11 is 0. The van der Waals surface area contributed by atoms with Crippen LogP contribution in [0.15, 0.2) is 23.8 Å². The predicted octanol–water partition coefficient (Wildman–Crippen LogP) is 4.05. The van der Waals surface area contributed by atoms with Gasteiger partial charge in [-0.2, -0.15) is 13.2 Å². The molecular formula is C16H17F3O4. The summed E-state index contributed by atoms with van der Waals surface area (Å²) in [7, 11) is 0. The lowest BCUT2D eigenvalue weighted by atomic mass is 9.86. The van der Waals surface area contributed by atoms with Crippen molar-refractivity contribution in [2.24, 2.45) is 0 Å². The normalized spacial score (nSPS) is 20.3. The van der Waals surface area contributed by atoms with Crippen LogP contribution < -0.4 is 9.47 Å². The number of carbonyl (C=O) groups is 1. The van der Waals surface area contributed by atoms with Crippen molar-refractivity contribution < 1.29 is 32.5 Å². The summed E-state index contributed by atoms with van der Waals surface area (Å²) in [5, 5.41) is 9.19. The van der Waals surface area contributed by atoms with Gasteiger partial charge in [0.05, 0.1) is 12.2 Å². The Hall–Kier alpha value is -2.18. The molecule has 1 heterocycles. The van der Waals surface area contributed by atoms with E-state index in [1.807, 2.05) is 6.92 Å². The first-order valence-corrected chi connectivity index (χ1v) is 7.23. The molecule has 0 fully saturated rings. The second kappa shape index (κ2) is 6.14. The standard InChI is InChI=1S/C16H17F3O4/c1-3-7-22-11-6-5-10-8-12(14(20)21)15(4-2,16(17,18)19)23-13(10)9-11/h5-6,8-9H,3-4,7H2,1-2H3,(H,20,21). The summed E-state index contributed by atoms with van der Waals surface area (Å²) in [6.07, 6.45) is -3.64. The molecule has 1 aromatic rings. The number of halogens is 3. The second-order valence-corrected chi connectivity index (χ2v) is 5.19. The van der Waals surface area contributed by atoms with E-state index in [4.69, 9.17) is 9.47 Å². The van der Waals surface area contributed by atoms with E-state index >= 15 is 0 Å². The lowest BCUT2D eigenvalue weighted by Gasteiger charge is -2.38. The fourth-order valence-electron chi connectivity index (χ4n) is 2.45. The van der Waals surface area contributed by atoms with Crippen molar-refractivity contribution in [2.75, 3.05) is 6.61 Å². The van der Waals surface area contributed by atoms with Crippen LogP contribution in [0.2, 0.25) is 0 Å². The van der Waals surface area contributed by atoms with E-state index in [1.165, 1.54) is 19.1 Å². The Morgan fingerprint density at radius 3 is 2.57 bits per heavy atom. The maximum Gasteiger partial charge on any atom is 0.432 e. The number of alkyl halides is 3. The van der Waals surface area contributed by atoms with Gasteiger partial charge in [-0.05, 0) is 31.1 Å². The molecular weight excluding hydrogens is 313 g/mol. The number of carboxylic acids is 1. The van der Waals surface area contributed by atoms with Crippen molar-refractivity contribution in [3.05, 3.63) is 29.3 Å². The minimum atomic E-state index is -4.86. The van der Waals surface area contributed by atoms with E-state index in [2.05, 4.69) is 0 Å². The van der Waals surface area contributed by atoms with Crippen molar-refractivity contribution in [3.8, 4) is 11.5 Å². The first-order chi connectivity index (χ1) is 10.7. The fraction of sp³-hybridized carbons (Fsp3) is 0.438. The van der Waals surface area contributed by atoms with E-state index in [0.717, 1.165) is 12.5 Å². The Kier molecular flexibility index (Phi) is 4.58. The summed E-state index contributed by atoms with van der Waals surface area (Å²) < 4.78 is 51.2. The van der Waals surface area contributed by atoms with Crippen LogP contribution in [-0.4, -0.2) is 29.5 Å². The average molecular weight is 330 g/mol. The molecule has 1 aromatic carbocycles. The predicted molar refractivity (Wildman–Crippen MR) is 77.5 cm³/mol. The third-order valence-electron chi connectivity index (χ3n) is 3.66. The Balaban J connectivity index is 2.54. The largest absolute Gasteiger partial charge is 0.493 e. The molecule has 0 saturated heterocycles. The third kappa shape index (κ3) is 3.00. The summed E-state index contributed by atoms with van der Waals surface area (Å²) in [5.41, 5.74) is -3.41. The van der Waals surface area contributed by atoms with Gasteiger partial charge in [-0.1, -0.05) is 13.8 Å². The molecule has 0 aliphatic carbocycles. The number of aliphatic carboxylic acids is 1. The van der Waals surface area contributed by atoms with Crippen LogP contribution in [0, 0.1) is 0 Å². The zero-order valence-corrected chi connectivity index (χ0v) is 12.7. The first-order valence-electron chi connectivity index (χ1n) is 7.23. The lowest BCUT2D eigenvalue weighted by molar-refractivity contribution is -0.236. The van der Waals surface area contributed by atoms with Gasteiger partial charge in [0.15, 0.2) is 0 Å². The minimum absolute atomic E-state index is 0.0391. The number of carboxylic acid groups (broad SMARTS) is 1. The van der Waals surface area contributed by atoms with Gasteiger partial charge in [0.25, 0.3) is 0 Å². The molecule has 126 valence electrons. The maximum absolute atomic E-state index is 13.5. The van der Waals surface area contributed by atoms with E-state index in [1.54, 1.807) is 6.07 Å². The van der Waals surface area contributed by atoms with Crippen molar-refractivity contribution in [1.29, 1.82) is 0 Å². The number of benzene rings is 1. The van der Waals surface area contributed by atoms with Gasteiger partial charge in [0.1, 0.15) is 11.5 Å². The smallest absolute Gasteiger partial charge is 0.432 e. The van der Waals surface area contributed by atoms with E-state index in [0.29, 0.717) is 12.4 Å². The minimum Gasteiger partial charge on any atom is -0.493 e. The summed E-state index contributed by atoms with van der Waals surface area (Å²) in [6, 6.07) is 4.41. The molecule has 1 aliphatic heterocycles. The van der Waals surface area contributed by atoms with Crippen molar-refractivity contribution in [1.82, 2.24) is 0 Å². The molecule has 1 atom stereocenters. The van der Waals surface area contributed by atoms with Crippen LogP contribution in [0.5, 0.6) is 11.5 Å². The maximum atomic E-state index is 13.5. The molecule has 23 heavy (non-hydrogen) atoms. The van der Waals surface area contributed by atoms with Gasteiger partial charge in [-0.15, -0.1) is 0 Å². The summed E-state index contributed by atoms with van der Waals surface area (Å²) in [5.74, 6) is -1.31. The molecule has 0 saturated carbocycles. The van der Waals surface area contributed by atoms with Crippen molar-refractivity contribution >= 4 is 12.0 Å². The van der Waals surface area contributed by atoms with Crippen LogP contribution in [-0.2, 0) is 4.79 Å². The molecule has 0 aromatic heterocycles. The zero-order chi connectivity index (χ0) is 17.3. The van der Waals surface area contributed by atoms with E-state index in [-0.39, 0.29) is 11.3 Å². The molecule has 7 heteroatoms. The molecule has 0 amide bonds. The molecule has 0 spiro atoms. The molecule has 1 aliphatic rings. The summed E-state index contributed by atoms with van der Waals surface area (Å²) in [4.78, 5) is 11.3. The second-order valence-electron chi connectivity index (χ2n) is 5.19. The van der Waals surface area contributed by atoms with Gasteiger partial charge in [0.2, 0.25) is 5.60 Å². The van der Waals surface area contributed by atoms with Gasteiger partial charge >= 0.3 is 12.1 Å². The highest BCUT2D eigenvalue weighted by molar-refractivity contribution is 5.96. The Labute approximate surface area is 131 Å². The number of ether oxygens (including phenoxy) is 2. The number of rotatable bonds is 5. The van der Waals surface area contributed by atoms with Gasteiger partial charge in [0, 0.05) is 11.6 Å². The molecule has 1 unspecified atom stereocenters. The molecule has 4 nitrogen and oxygen atoms in total. The SMILES string of the molecule is CCCOc1ccc2c(c1)OC(CC)(C(F)(F)F)C(C(=O)O)=C2. The molecule has 2 rings (SSSR count). The quantitative estimate of drug-likeness (QED) is 0.885. The van der Waals surface area contributed by atoms with Crippen LogP contribution in [0.4, 0.5) is 13.2 Å². The number of hydrogen-bond acceptors (Lipinski definition) is 3. The molecule has 0 bridgehead atoms. The van der Waals surface area contributed by atoms with Crippen LogP contribution >= 0.6 is 0 Å². The Morgan fingerprint density at radius 2 is 2.04 bits per heavy atom. The topological polar surface area (TPSA) is 55.8 Å². The van der Waals surface area contributed by atoms with Gasteiger partial charge in [-0.3, -0.25) is 0 Å². The van der Waals surface area contributed by atoms with E-state index in [9.17, 15) is 23.1 Å². The average Bonchev–Trinajstić information content (AvgIpc) is 2.49. The summed E-state index contributed by atoms with van der Waals surface area (Å²) in [6.45, 7) is 3.57. The fourth-order valence-corrected chi connectivity index (χ4v) is 2.45. The zero-order valence-electron chi connectivity index (χ0n) is 12.7. The highest BCUT2D eigenvalue weighted by Gasteiger charge is 2.61. The highest BCUT2D eigenvalue weighted by atomic mass is 19.4. The monoisotopic (exact) mass is 330 g/mol. The van der Waals surface area contributed by atoms with Gasteiger partial charge in [-0.25, -0.2) is 4.79 Å². The van der Waals surface area contributed by atoms with Gasteiger partial charge < -0.3 is 14.6 Å². The molecule has 1 N–H and O–H groups in total. The Morgan fingerprint density at radius 1 is 1.35 bits per heavy atom. The van der Waals surface area contributed by atoms with Crippen molar-refractivity contribution in [2.45, 2.75) is 38.5 Å². The third-order valence-corrected chi connectivity index (χ3v) is 3.66. The van der Waals surface area contributed by atoms with E-state index < -0.39 is 29.7 Å². The first kappa shape index (κ1) is 17.2. The van der Waals surface area contributed by atoms with Crippen molar-refractivity contribution in [3.63, 3.8) is 0 Å². The number of hydrogen-bond donors (Lipinski definition) is 1. The number of fused-ring (bicyclic) bond motifs is 1. The highest BCUT2D eigenvalue weighted by Crippen LogP contribution is 2.47. The molecule has 0 radical (unpaired) electrons. The van der Waals surface area contributed by atoms with Crippen LogP contribution in [0.3, 0.4) is 0 Å². The van der Waals surface area contributed by atoms with Crippen LogP contribution in [0.25, 0.3) is 6.08 Å². The Bertz CT molecular complexity index is 637.